The van der Waals surface area contributed by atoms with E-state index in [1.165, 1.54) is 0 Å². The number of aromatic nitrogens is 1. The van der Waals surface area contributed by atoms with E-state index < -0.39 is 0 Å². The number of ether oxygens (including phenoxy) is 1. The highest BCUT2D eigenvalue weighted by Gasteiger charge is 2.10. The zero-order valence-corrected chi connectivity index (χ0v) is 11.9. The average Bonchev–Trinajstić information content (AvgIpc) is 2.73. The molecule has 0 saturated carbocycles. The molecule has 18 heavy (non-hydrogen) atoms. The van der Waals surface area contributed by atoms with Gasteiger partial charge in [0.2, 0.25) is 0 Å². The molecule has 0 spiro atoms. The maximum absolute atomic E-state index is 5.96. The summed E-state index contributed by atoms with van der Waals surface area (Å²) in [5.41, 5.74) is 7.83. The van der Waals surface area contributed by atoms with Crippen molar-refractivity contribution in [2.24, 2.45) is 5.73 Å². The summed E-state index contributed by atoms with van der Waals surface area (Å²) in [6, 6.07) is 5.38. The zero-order chi connectivity index (χ0) is 13.1. The number of aryl methyl sites for hydroxylation is 1. The molecule has 2 aromatic rings. The van der Waals surface area contributed by atoms with Crippen LogP contribution in [0.2, 0.25) is 5.02 Å². The van der Waals surface area contributed by atoms with Crippen LogP contribution < -0.4 is 10.5 Å². The van der Waals surface area contributed by atoms with E-state index in [1.807, 2.05) is 31.4 Å². The molecule has 0 unspecified atom stereocenters. The van der Waals surface area contributed by atoms with Crippen LogP contribution in [0, 0.1) is 6.92 Å². The van der Waals surface area contributed by atoms with Gasteiger partial charge in [-0.3, -0.25) is 0 Å². The molecule has 2 N–H and O–H groups in total. The summed E-state index contributed by atoms with van der Waals surface area (Å²) in [5.74, 6) is 0.766. The van der Waals surface area contributed by atoms with Crippen LogP contribution in [-0.2, 0) is 6.61 Å². The molecule has 96 valence electrons. The number of benzene rings is 1. The van der Waals surface area contributed by atoms with Gasteiger partial charge < -0.3 is 10.5 Å². The molecule has 1 aromatic carbocycles. The Labute approximate surface area is 116 Å². The van der Waals surface area contributed by atoms with Crippen molar-refractivity contribution in [2.45, 2.75) is 26.5 Å². The summed E-state index contributed by atoms with van der Waals surface area (Å²) in [6.45, 7) is 4.33. The van der Waals surface area contributed by atoms with E-state index in [0.717, 1.165) is 22.0 Å². The maximum Gasteiger partial charge on any atom is 0.140 e. The molecule has 0 radical (unpaired) electrons. The third-order valence-corrected chi connectivity index (χ3v) is 3.66. The molecular weight excluding hydrogens is 268 g/mol. The Kier molecular flexibility index (Phi) is 4.22. The first-order chi connectivity index (χ1) is 8.56. The van der Waals surface area contributed by atoms with Crippen LogP contribution in [-0.4, -0.2) is 4.98 Å². The first-order valence-electron chi connectivity index (χ1n) is 5.65. The van der Waals surface area contributed by atoms with E-state index in [1.54, 1.807) is 17.4 Å². The topological polar surface area (TPSA) is 48.1 Å². The van der Waals surface area contributed by atoms with Gasteiger partial charge in [-0.05, 0) is 32.0 Å². The lowest BCUT2D eigenvalue weighted by Crippen LogP contribution is -2.08. The summed E-state index contributed by atoms with van der Waals surface area (Å²) in [6.07, 6.45) is 0. The second-order valence-electron chi connectivity index (χ2n) is 4.14. The number of hydrogen-bond acceptors (Lipinski definition) is 4. The van der Waals surface area contributed by atoms with Crippen molar-refractivity contribution in [1.82, 2.24) is 4.98 Å². The maximum atomic E-state index is 5.96. The number of rotatable bonds is 4. The molecular formula is C13H15ClN2OS. The molecule has 0 aliphatic rings. The third-order valence-electron chi connectivity index (χ3n) is 2.48. The minimum absolute atomic E-state index is 0.114. The second kappa shape index (κ2) is 5.69. The van der Waals surface area contributed by atoms with Gasteiger partial charge in [-0.1, -0.05) is 11.6 Å². The molecule has 0 fully saturated rings. The Morgan fingerprint density at radius 2 is 2.28 bits per heavy atom. The first kappa shape index (κ1) is 13.3. The summed E-state index contributed by atoms with van der Waals surface area (Å²) < 4.78 is 5.76. The fraction of sp³-hybridized carbons (Fsp3) is 0.308. The van der Waals surface area contributed by atoms with Crippen LogP contribution in [0.25, 0.3) is 0 Å². The molecule has 3 nitrogen and oxygen atoms in total. The minimum atomic E-state index is -0.114. The van der Waals surface area contributed by atoms with E-state index in [-0.39, 0.29) is 6.04 Å². The van der Waals surface area contributed by atoms with Crippen LogP contribution in [0.3, 0.4) is 0 Å². The van der Waals surface area contributed by atoms with Crippen molar-refractivity contribution in [2.75, 3.05) is 0 Å². The Hall–Kier alpha value is -1.10. The summed E-state index contributed by atoms with van der Waals surface area (Å²) in [5, 5.41) is 3.63. The van der Waals surface area contributed by atoms with Gasteiger partial charge in [0.15, 0.2) is 0 Å². The quantitative estimate of drug-likeness (QED) is 0.930. The summed E-state index contributed by atoms with van der Waals surface area (Å²) in [7, 11) is 0. The first-order valence-corrected chi connectivity index (χ1v) is 6.91. The van der Waals surface area contributed by atoms with E-state index in [0.29, 0.717) is 11.6 Å². The largest absolute Gasteiger partial charge is 0.486 e. The van der Waals surface area contributed by atoms with Crippen LogP contribution in [0.1, 0.15) is 29.2 Å². The van der Waals surface area contributed by atoms with Crippen molar-refractivity contribution >= 4 is 22.9 Å². The standard InChI is InChI=1S/C13H15ClN2OS/c1-8-7-18-13(16-8)6-17-12-4-3-10(14)5-11(12)9(2)15/h3-5,7,9H,6,15H2,1-2H3/t9-/m0/s1. The molecule has 5 heteroatoms. The normalized spacial score (nSPS) is 12.4. The Balaban J connectivity index is 2.13. The SMILES string of the molecule is Cc1csc(COc2ccc(Cl)cc2[C@H](C)N)n1. The fourth-order valence-electron chi connectivity index (χ4n) is 1.62. The molecule has 1 atom stereocenters. The van der Waals surface area contributed by atoms with Gasteiger partial charge in [-0.15, -0.1) is 11.3 Å². The van der Waals surface area contributed by atoms with E-state index >= 15 is 0 Å². The van der Waals surface area contributed by atoms with Gasteiger partial charge in [0.1, 0.15) is 17.4 Å². The molecule has 1 heterocycles. The number of halogens is 1. The fourth-order valence-corrected chi connectivity index (χ4v) is 2.48. The van der Waals surface area contributed by atoms with Crippen molar-refractivity contribution in [3.8, 4) is 5.75 Å². The monoisotopic (exact) mass is 282 g/mol. The lowest BCUT2D eigenvalue weighted by atomic mass is 10.1. The number of hydrogen-bond donors (Lipinski definition) is 1. The molecule has 0 amide bonds. The van der Waals surface area contributed by atoms with Gasteiger partial charge in [0, 0.05) is 27.7 Å². The van der Waals surface area contributed by atoms with E-state index in [2.05, 4.69) is 4.98 Å². The van der Waals surface area contributed by atoms with Gasteiger partial charge in [-0.25, -0.2) is 4.98 Å². The lowest BCUT2D eigenvalue weighted by molar-refractivity contribution is 0.300. The van der Waals surface area contributed by atoms with Crippen LogP contribution in [0.15, 0.2) is 23.6 Å². The van der Waals surface area contributed by atoms with Gasteiger partial charge in [0.05, 0.1) is 0 Å². The molecule has 1 aromatic heterocycles. The lowest BCUT2D eigenvalue weighted by Gasteiger charge is -2.13. The van der Waals surface area contributed by atoms with Crippen molar-refractivity contribution in [3.63, 3.8) is 0 Å². The summed E-state index contributed by atoms with van der Waals surface area (Å²) in [4.78, 5) is 4.35. The van der Waals surface area contributed by atoms with Crippen molar-refractivity contribution < 1.29 is 4.74 Å². The van der Waals surface area contributed by atoms with Crippen LogP contribution in [0.5, 0.6) is 5.75 Å². The highest BCUT2D eigenvalue weighted by molar-refractivity contribution is 7.09. The minimum Gasteiger partial charge on any atom is -0.486 e. The predicted octanol–water partition coefficient (Wildman–Crippen LogP) is 3.70. The predicted molar refractivity (Wildman–Crippen MR) is 75.2 cm³/mol. The molecule has 0 saturated heterocycles. The molecule has 2 rings (SSSR count). The highest BCUT2D eigenvalue weighted by Crippen LogP contribution is 2.28. The summed E-state index contributed by atoms with van der Waals surface area (Å²) >= 11 is 7.55. The Morgan fingerprint density at radius 3 is 2.89 bits per heavy atom. The smallest absolute Gasteiger partial charge is 0.140 e. The highest BCUT2D eigenvalue weighted by atomic mass is 35.5. The van der Waals surface area contributed by atoms with Crippen molar-refractivity contribution in [3.05, 3.63) is 44.9 Å². The van der Waals surface area contributed by atoms with Gasteiger partial charge in [0.25, 0.3) is 0 Å². The Bertz CT molecular complexity index is 540. The van der Waals surface area contributed by atoms with Gasteiger partial charge in [-0.2, -0.15) is 0 Å². The Morgan fingerprint density at radius 1 is 1.50 bits per heavy atom. The number of nitrogens with zero attached hydrogens (tertiary/aromatic N) is 1. The van der Waals surface area contributed by atoms with Gasteiger partial charge >= 0.3 is 0 Å². The number of nitrogens with two attached hydrogens (primary N) is 1. The van der Waals surface area contributed by atoms with Crippen molar-refractivity contribution in [1.29, 1.82) is 0 Å². The third kappa shape index (κ3) is 3.22. The van der Waals surface area contributed by atoms with Crippen LogP contribution >= 0.6 is 22.9 Å². The molecule has 0 bridgehead atoms. The molecule has 0 aliphatic heterocycles. The number of thiazole rings is 1. The molecule has 0 aliphatic carbocycles. The second-order valence-corrected chi connectivity index (χ2v) is 5.52. The zero-order valence-electron chi connectivity index (χ0n) is 10.3. The van der Waals surface area contributed by atoms with E-state index in [9.17, 15) is 0 Å². The van der Waals surface area contributed by atoms with E-state index in [4.69, 9.17) is 22.1 Å². The average molecular weight is 283 g/mol. The van der Waals surface area contributed by atoms with Crippen LogP contribution in [0.4, 0.5) is 0 Å².